The number of esters is 2. The van der Waals surface area contributed by atoms with Gasteiger partial charge in [0.2, 0.25) is 10.0 Å². The smallest absolute Gasteiger partial charge is 0.344 e. The van der Waals surface area contributed by atoms with Crippen LogP contribution in [0.5, 0.6) is 0 Å². The number of sulfonamides is 1. The number of carbonyl (C=O) groups is 2. The van der Waals surface area contributed by atoms with Crippen LogP contribution < -0.4 is 4.72 Å². The molecule has 23 heavy (non-hydrogen) atoms. The molecule has 7 nitrogen and oxygen atoms in total. The Labute approximate surface area is 140 Å². The topological polar surface area (TPSA) is 98.8 Å². The summed E-state index contributed by atoms with van der Waals surface area (Å²) in [6.45, 7) is 2.68. The number of halogens is 1. The molecule has 0 atom stereocenters. The lowest BCUT2D eigenvalue weighted by molar-refractivity contribution is -0.161. The molecular weight excluding hydrogens is 346 g/mol. The molecule has 0 bridgehead atoms. The molecule has 1 N–H and O–H groups in total. The number of ether oxygens (including phenoxy) is 2. The molecule has 1 rings (SSSR count). The van der Waals surface area contributed by atoms with Crippen LogP contribution in [-0.4, -0.2) is 39.6 Å². The number of nitrogens with one attached hydrogen (secondary N) is 1. The molecule has 128 valence electrons. The summed E-state index contributed by atoms with van der Waals surface area (Å²) in [5.74, 6) is -1.37. The van der Waals surface area contributed by atoms with Crippen LogP contribution in [0.2, 0.25) is 5.02 Å². The highest BCUT2D eigenvalue weighted by atomic mass is 35.5. The SMILES string of the molecule is CC(C)OC(=O)COC(=O)CCNS(=O)(=O)c1cccc(Cl)c1. The second-order valence-electron chi connectivity index (χ2n) is 4.80. The molecule has 0 spiro atoms. The Hall–Kier alpha value is -1.64. The molecule has 0 amide bonds. The van der Waals surface area contributed by atoms with Crippen LogP contribution in [0, 0.1) is 0 Å². The molecule has 1 aromatic rings. The van der Waals surface area contributed by atoms with E-state index in [1.807, 2.05) is 0 Å². The fourth-order valence-electron chi connectivity index (χ4n) is 1.51. The molecule has 9 heteroatoms. The molecule has 0 aliphatic carbocycles. The number of benzene rings is 1. The largest absolute Gasteiger partial charge is 0.460 e. The predicted octanol–water partition coefficient (Wildman–Crippen LogP) is 1.50. The van der Waals surface area contributed by atoms with Crippen LogP contribution in [-0.2, 0) is 29.1 Å². The van der Waals surface area contributed by atoms with Crippen LogP contribution in [0.3, 0.4) is 0 Å². The molecule has 0 fully saturated rings. The van der Waals surface area contributed by atoms with Crippen molar-refractivity contribution in [1.29, 1.82) is 0 Å². The summed E-state index contributed by atoms with van der Waals surface area (Å²) in [6, 6.07) is 5.73. The number of carbonyl (C=O) groups excluding carboxylic acids is 2. The van der Waals surface area contributed by atoms with E-state index in [2.05, 4.69) is 9.46 Å². The Morgan fingerprint density at radius 2 is 1.96 bits per heavy atom. The highest BCUT2D eigenvalue weighted by Gasteiger charge is 2.15. The van der Waals surface area contributed by atoms with Gasteiger partial charge in [-0.25, -0.2) is 17.9 Å². The van der Waals surface area contributed by atoms with E-state index in [1.165, 1.54) is 18.2 Å². The second-order valence-corrected chi connectivity index (χ2v) is 7.01. The van der Waals surface area contributed by atoms with Gasteiger partial charge in [-0.2, -0.15) is 0 Å². The van der Waals surface area contributed by atoms with Gasteiger partial charge in [0.1, 0.15) is 0 Å². The first-order chi connectivity index (χ1) is 10.7. The lowest BCUT2D eigenvalue weighted by Gasteiger charge is -2.09. The van der Waals surface area contributed by atoms with E-state index in [1.54, 1.807) is 19.9 Å². The van der Waals surface area contributed by atoms with Gasteiger partial charge in [0, 0.05) is 11.6 Å². The minimum atomic E-state index is -3.76. The average Bonchev–Trinajstić information content (AvgIpc) is 2.44. The third-order valence-corrected chi connectivity index (χ3v) is 4.14. The van der Waals surface area contributed by atoms with Gasteiger partial charge >= 0.3 is 11.9 Å². The first-order valence-corrected chi connectivity index (χ1v) is 8.67. The third-order valence-electron chi connectivity index (χ3n) is 2.45. The maximum Gasteiger partial charge on any atom is 0.344 e. The van der Waals surface area contributed by atoms with Gasteiger partial charge in [-0.1, -0.05) is 17.7 Å². The third kappa shape index (κ3) is 7.45. The molecule has 1 aromatic carbocycles. The quantitative estimate of drug-likeness (QED) is 0.703. The first kappa shape index (κ1) is 19.4. The molecule has 0 aliphatic rings. The molecule has 0 unspecified atom stereocenters. The first-order valence-electron chi connectivity index (χ1n) is 6.81. The lowest BCUT2D eigenvalue weighted by atomic mass is 10.4. The fourth-order valence-corrected chi connectivity index (χ4v) is 2.85. The van der Waals surface area contributed by atoms with Crippen molar-refractivity contribution in [2.75, 3.05) is 13.2 Å². The molecular formula is C14H18ClNO6S. The number of hydrogen-bond donors (Lipinski definition) is 1. The maximum absolute atomic E-state index is 12.0. The Balaban J connectivity index is 2.38. The van der Waals surface area contributed by atoms with Crippen molar-refractivity contribution in [1.82, 2.24) is 4.72 Å². The van der Waals surface area contributed by atoms with Crippen molar-refractivity contribution in [3.8, 4) is 0 Å². The van der Waals surface area contributed by atoms with Crippen molar-refractivity contribution in [3.05, 3.63) is 29.3 Å². The van der Waals surface area contributed by atoms with Gasteiger partial charge in [0.05, 0.1) is 17.4 Å². The maximum atomic E-state index is 12.0. The summed E-state index contributed by atoms with van der Waals surface area (Å²) in [6.07, 6.45) is -0.514. The summed E-state index contributed by atoms with van der Waals surface area (Å²) in [4.78, 5) is 22.6. The molecule has 0 aliphatic heterocycles. The zero-order chi connectivity index (χ0) is 17.5. The molecule has 0 heterocycles. The minimum Gasteiger partial charge on any atom is -0.460 e. The van der Waals surface area contributed by atoms with Crippen LogP contribution in [0.15, 0.2) is 29.2 Å². The summed E-state index contributed by atoms with van der Waals surface area (Å²) < 4.78 is 35.6. The van der Waals surface area contributed by atoms with Crippen LogP contribution >= 0.6 is 11.6 Å². The standard InChI is InChI=1S/C14H18ClNO6S/c1-10(2)22-14(18)9-21-13(17)6-7-16-23(19,20)12-5-3-4-11(15)8-12/h3-5,8,10,16H,6-7,9H2,1-2H3. The monoisotopic (exact) mass is 363 g/mol. The van der Waals surface area contributed by atoms with Gasteiger partial charge in [-0.3, -0.25) is 4.79 Å². The number of hydrogen-bond acceptors (Lipinski definition) is 6. The summed E-state index contributed by atoms with van der Waals surface area (Å²) >= 11 is 5.73. The molecule has 0 aromatic heterocycles. The highest BCUT2D eigenvalue weighted by Crippen LogP contribution is 2.15. The van der Waals surface area contributed by atoms with E-state index < -0.39 is 28.6 Å². The summed E-state index contributed by atoms with van der Waals surface area (Å²) in [7, 11) is -3.76. The van der Waals surface area contributed by atoms with Crippen molar-refractivity contribution >= 4 is 33.6 Å². The van der Waals surface area contributed by atoms with E-state index in [9.17, 15) is 18.0 Å². The van der Waals surface area contributed by atoms with E-state index in [4.69, 9.17) is 16.3 Å². The van der Waals surface area contributed by atoms with Crippen LogP contribution in [0.25, 0.3) is 0 Å². The Morgan fingerprint density at radius 3 is 2.57 bits per heavy atom. The van der Waals surface area contributed by atoms with Gasteiger partial charge in [0.25, 0.3) is 0 Å². The second kappa shape index (κ2) is 8.85. The van der Waals surface area contributed by atoms with Crippen molar-refractivity contribution < 1.29 is 27.5 Å². The molecule has 0 radical (unpaired) electrons. The molecule has 0 saturated heterocycles. The van der Waals surface area contributed by atoms with E-state index in [0.29, 0.717) is 0 Å². The lowest BCUT2D eigenvalue weighted by Crippen LogP contribution is -2.27. The van der Waals surface area contributed by atoms with E-state index in [0.717, 1.165) is 0 Å². The van der Waals surface area contributed by atoms with E-state index >= 15 is 0 Å². The number of rotatable bonds is 8. The summed E-state index contributed by atoms with van der Waals surface area (Å²) in [5.41, 5.74) is 0. The van der Waals surface area contributed by atoms with Gasteiger partial charge in [-0.05, 0) is 32.0 Å². The van der Waals surface area contributed by atoms with Crippen molar-refractivity contribution in [2.24, 2.45) is 0 Å². The van der Waals surface area contributed by atoms with Gasteiger partial charge < -0.3 is 9.47 Å². The van der Waals surface area contributed by atoms with Gasteiger partial charge in [-0.15, -0.1) is 0 Å². The average molecular weight is 364 g/mol. The minimum absolute atomic E-state index is 0.00104. The predicted molar refractivity (Wildman–Crippen MR) is 83.4 cm³/mol. The van der Waals surface area contributed by atoms with Crippen LogP contribution in [0.4, 0.5) is 0 Å². The zero-order valence-electron chi connectivity index (χ0n) is 12.7. The zero-order valence-corrected chi connectivity index (χ0v) is 14.3. The Bertz CT molecular complexity index is 659. The van der Waals surface area contributed by atoms with Crippen LogP contribution in [0.1, 0.15) is 20.3 Å². The fraction of sp³-hybridized carbons (Fsp3) is 0.429. The normalized spacial score (nSPS) is 11.3. The molecule has 0 saturated carbocycles. The highest BCUT2D eigenvalue weighted by molar-refractivity contribution is 7.89. The Kier molecular flexibility index (Phi) is 7.47. The van der Waals surface area contributed by atoms with Crippen molar-refractivity contribution in [3.63, 3.8) is 0 Å². The summed E-state index contributed by atoms with van der Waals surface area (Å²) in [5, 5.41) is 0.288. The van der Waals surface area contributed by atoms with Gasteiger partial charge in [0.15, 0.2) is 6.61 Å². The Morgan fingerprint density at radius 1 is 1.26 bits per heavy atom. The van der Waals surface area contributed by atoms with Crippen molar-refractivity contribution in [2.45, 2.75) is 31.3 Å². The van der Waals surface area contributed by atoms with E-state index in [-0.39, 0.29) is 29.0 Å².